The van der Waals surface area contributed by atoms with E-state index in [0.717, 1.165) is 6.07 Å². The number of methoxy groups -OCH3 is 3. The number of hydrogen-bond acceptors (Lipinski definition) is 6. The molecule has 0 saturated carbocycles. The van der Waals surface area contributed by atoms with E-state index < -0.39 is 15.9 Å². The lowest BCUT2D eigenvalue weighted by Crippen LogP contribution is -2.05. The number of carbonyl (C=O) groups excluding carboxylic acids is 1. The van der Waals surface area contributed by atoms with Crippen molar-refractivity contribution < 1.29 is 23.9 Å². The van der Waals surface area contributed by atoms with E-state index in [4.69, 9.17) is 25.8 Å². The predicted molar refractivity (Wildman–Crippen MR) is 62.9 cm³/mol. The Labute approximate surface area is 107 Å². The highest BCUT2D eigenvalue weighted by Crippen LogP contribution is 2.45. The summed E-state index contributed by atoms with van der Waals surface area (Å²) in [6.45, 7) is 0. The summed E-state index contributed by atoms with van der Waals surface area (Å²) in [6, 6.07) is 1.05. The first-order chi connectivity index (χ1) is 8.47. The van der Waals surface area contributed by atoms with E-state index >= 15 is 0 Å². The minimum atomic E-state index is -1.01. The van der Waals surface area contributed by atoms with Crippen molar-refractivity contribution >= 4 is 22.5 Å². The van der Waals surface area contributed by atoms with Gasteiger partial charge in [-0.05, 0) is 11.6 Å². The van der Waals surface area contributed by atoms with Crippen LogP contribution in [0.25, 0.3) is 0 Å². The van der Waals surface area contributed by atoms with E-state index in [9.17, 15) is 14.9 Å². The van der Waals surface area contributed by atoms with Gasteiger partial charge in [0.2, 0.25) is 5.75 Å². The molecule has 1 aromatic rings. The van der Waals surface area contributed by atoms with Gasteiger partial charge in [-0.25, -0.2) is 0 Å². The molecule has 0 spiro atoms. The second kappa shape index (κ2) is 5.54. The zero-order chi connectivity index (χ0) is 13.9. The van der Waals surface area contributed by atoms with Gasteiger partial charge < -0.3 is 14.2 Å². The lowest BCUT2D eigenvalue weighted by molar-refractivity contribution is -0.385. The maximum absolute atomic E-state index is 11.3. The third-order valence-corrected chi connectivity index (χ3v) is 2.39. The van der Waals surface area contributed by atoms with Gasteiger partial charge in [0.25, 0.3) is 10.9 Å². The molecule has 0 amide bonds. The molecule has 7 nitrogen and oxygen atoms in total. The molecular weight excluding hydrogens is 266 g/mol. The first kappa shape index (κ1) is 14.0. The Morgan fingerprint density at radius 2 is 1.78 bits per heavy atom. The fraction of sp³-hybridized carbons (Fsp3) is 0.300. The van der Waals surface area contributed by atoms with Gasteiger partial charge in [-0.3, -0.25) is 14.9 Å². The molecule has 0 aliphatic heterocycles. The molecule has 98 valence electrons. The molecule has 0 aromatic heterocycles. The van der Waals surface area contributed by atoms with E-state index in [1.807, 2.05) is 0 Å². The number of benzene rings is 1. The van der Waals surface area contributed by atoms with Crippen LogP contribution < -0.4 is 14.2 Å². The molecule has 0 N–H and O–H groups in total. The average molecular weight is 276 g/mol. The van der Waals surface area contributed by atoms with Crippen molar-refractivity contribution in [3.8, 4) is 17.2 Å². The van der Waals surface area contributed by atoms with Crippen LogP contribution >= 0.6 is 11.6 Å². The van der Waals surface area contributed by atoms with E-state index in [0.29, 0.717) is 0 Å². The zero-order valence-electron chi connectivity index (χ0n) is 9.85. The molecule has 1 aromatic carbocycles. The molecule has 0 fully saturated rings. The number of nitrogens with zero attached hydrogens (tertiary/aromatic N) is 1. The Kier molecular flexibility index (Phi) is 4.33. The van der Waals surface area contributed by atoms with Crippen molar-refractivity contribution in [3.63, 3.8) is 0 Å². The van der Waals surface area contributed by atoms with Gasteiger partial charge in [-0.2, -0.15) is 0 Å². The number of nitro benzene ring substituents is 1. The van der Waals surface area contributed by atoms with Gasteiger partial charge in [0.15, 0.2) is 17.1 Å². The SMILES string of the molecule is COc1cc([N+](=O)[O-])c(C(=O)Cl)c(OC)c1OC. The molecule has 8 heteroatoms. The van der Waals surface area contributed by atoms with Crippen LogP contribution in [0, 0.1) is 10.1 Å². The largest absolute Gasteiger partial charge is 0.492 e. The Morgan fingerprint density at radius 1 is 1.22 bits per heavy atom. The Hall–Kier alpha value is -2.02. The highest BCUT2D eigenvalue weighted by molar-refractivity contribution is 6.68. The minimum absolute atomic E-state index is 0.0644. The maximum atomic E-state index is 11.3. The normalized spacial score (nSPS) is 9.78. The molecule has 0 bridgehead atoms. The van der Waals surface area contributed by atoms with Gasteiger partial charge in [0.05, 0.1) is 32.3 Å². The van der Waals surface area contributed by atoms with E-state index in [2.05, 4.69) is 0 Å². The number of ether oxygens (including phenoxy) is 3. The Morgan fingerprint density at radius 3 is 2.11 bits per heavy atom. The fourth-order valence-electron chi connectivity index (χ4n) is 1.48. The second-order valence-corrected chi connectivity index (χ2v) is 3.41. The van der Waals surface area contributed by atoms with Gasteiger partial charge in [0.1, 0.15) is 0 Å². The smallest absolute Gasteiger partial charge is 0.289 e. The highest BCUT2D eigenvalue weighted by Gasteiger charge is 2.30. The standard InChI is InChI=1S/C10H10ClNO6/c1-16-6-4-5(12(14)15)7(10(11)13)9(18-3)8(6)17-2/h4H,1-3H3. The number of nitro groups is 1. The van der Waals surface area contributed by atoms with E-state index in [-0.39, 0.29) is 22.8 Å². The van der Waals surface area contributed by atoms with Crippen LogP contribution in [0.5, 0.6) is 17.2 Å². The molecule has 0 aliphatic carbocycles. The first-order valence-electron chi connectivity index (χ1n) is 4.65. The third kappa shape index (κ3) is 2.30. The summed E-state index contributed by atoms with van der Waals surface area (Å²) in [7, 11) is 3.86. The summed E-state index contributed by atoms with van der Waals surface area (Å²) in [6.07, 6.45) is 0. The third-order valence-electron chi connectivity index (χ3n) is 2.20. The molecule has 0 atom stereocenters. The molecular formula is C10H10ClNO6. The number of halogens is 1. The molecule has 0 radical (unpaired) electrons. The minimum Gasteiger partial charge on any atom is -0.492 e. The van der Waals surface area contributed by atoms with E-state index in [1.165, 1.54) is 21.3 Å². The van der Waals surface area contributed by atoms with Gasteiger partial charge in [-0.15, -0.1) is 0 Å². The maximum Gasteiger partial charge on any atom is 0.289 e. The summed E-state index contributed by atoms with van der Waals surface area (Å²) < 4.78 is 14.9. The molecule has 18 heavy (non-hydrogen) atoms. The lowest BCUT2D eigenvalue weighted by atomic mass is 10.1. The molecule has 0 saturated heterocycles. The number of rotatable bonds is 5. The fourth-order valence-corrected chi connectivity index (χ4v) is 1.66. The summed E-state index contributed by atoms with van der Waals surface area (Å²) >= 11 is 5.34. The monoisotopic (exact) mass is 275 g/mol. The highest BCUT2D eigenvalue weighted by atomic mass is 35.5. The van der Waals surface area contributed by atoms with Crippen molar-refractivity contribution in [2.45, 2.75) is 0 Å². The van der Waals surface area contributed by atoms with Crippen LogP contribution in [0.4, 0.5) is 5.69 Å². The topological polar surface area (TPSA) is 87.9 Å². The van der Waals surface area contributed by atoms with Crippen LogP contribution in [0.15, 0.2) is 6.07 Å². The Balaban J connectivity index is 3.74. The van der Waals surface area contributed by atoms with Crippen molar-refractivity contribution in [3.05, 3.63) is 21.7 Å². The number of carbonyl (C=O) groups is 1. The average Bonchev–Trinajstić information content (AvgIpc) is 2.35. The van der Waals surface area contributed by atoms with Crippen molar-refractivity contribution in [2.75, 3.05) is 21.3 Å². The molecule has 0 unspecified atom stereocenters. The lowest BCUT2D eigenvalue weighted by Gasteiger charge is -2.14. The first-order valence-corrected chi connectivity index (χ1v) is 5.02. The van der Waals surface area contributed by atoms with Crippen LogP contribution in [0.2, 0.25) is 0 Å². The van der Waals surface area contributed by atoms with Gasteiger partial charge in [0, 0.05) is 0 Å². The van der Waals surface area contributed by atoms with Gasteiger partial charge >= 0.3 is 0 Å². The van der Waals surface area contributed by atoms with E-state index in [1.54, 1.807) is 0 Å². The van der Waals surface area contributed by atoms with Crippen LogP contribution in [0.3, 0.4) is 0 Å². The molecule has 1 rings (SSSR count). The van der Waals surface area contributed by atoms with Crippen LogP contribution in [0.1, 0.15) is 10.4 Å². The Bertz CT molecular complexity index is 502. The number of hydrogen-bond donors (Lipinski definition) is 0. The zero-order valence-corrected chi connectivity index (χ0v) is 10.6. The summed E-state index contributed by atoms with van der Waals surface area (Å²) in [5, 5.41) is 9.89. The summed E-state index contributed by atoms with van der Waals surface area (Å²) in [5.41, 5.74) is -0.883. The summed E-state index contributed by atoms with van der Waals surface area (Å²) in [5.74, 6) is 0.000802. The summed E-state index contributed by atoms with van der Waals surface area (Å²) in [4.78, 5) is 21.5. The van der Waals surface area contributed by atoms with Crippen molar-refractivity contribution in [2.24, 2.45) is 0 Å². The molecule has 0 heterocycles. The van der Waals surface area contributed by atoms with Gasteiger partial charge in [-0.1, -0.05) is 0 Å². The second-order valence-electron chi connectivity index (χ2n) is 3.07. The van der Waals surface area contributed by atoms with Crippen molar-refractivity contribution in [1.82, 2.24) is 0 Å². The quantitative estimate of drug-likeness (QED) is 0.464. The van der Waals surface area contributed by atoms with Crippen LogP contribution in [-0.2, 0) is 0 Å². The predicted octanol–water partition coefficient (Wildman–Crippen LogP) is 2.00. The van der Waals surface area contributed by atoms with Crippen LogP contribution in [-0.4, -0.2) is 31.5 Å². The molecule has 0 aliphatic rings. The van der Waals surface area contributed by atoms with Crippen molar-refractivity contribution in [1.29, 1.82) is 0 Å².